The number of hydrogen-bond donors (Lipinski definition) is 2. The molecule has 0 saturated carbocycles. The molecule has 3 aromatic rings. The number of rotatable bonds is 2. The summed E-state index contributed by atoms with van der Waals surface area (Å²) >= 11 is 6.03. The summed E-state index contributed by atoms with van der Waals surface area (Å²) in [5, 5.41) is 0.216. The van der Waals surface area contributed by atoms with Crippen molar-refractivity contribution in [1.29, 1.82) is 0 Å². The molecule has 3 rings (SSSR count). The van der Waals surface area contributed by atoms with E-state index in [0.29, 0.717) is 17.1 Å². The summed E-state index contributed by atoms with van der Waals surface area (Å²) in [6.07, 6.45) is -2.94. The van der Waals surface area contributed by atoms with E-state index in [2.05, 4.69) is 15.0 Å². The highest BCUT2D eigenvalue weighted by atomic mass is 35.5. The molecule has 8 heteroatoms. The minimum atomic E-state index is -4.43. The van der Waals surface area contributed by atoms with Crippen molar-refractivity contribution in [3.05, 3.63) is 53.2 Å². The first-order valence-electron chi connectivity index (χ1n) is 6.49. The van der Waals surface area contributed by atoms with Gasteiger partial charge in [-0.2, -0.15) is 13.2 Å². The number of aromatic nitrogens is 3. The van der Waals surface area contributed by atoms with Gasteiger partial charge in [-0.3, -0.25) is 0 Å². The minimum absolute atomic E-state index is 0.107. The van der Waals surface area contributed by atoms with Crippen molar-refractivity contribution >= 4 is 17.5 Å². The van der Waals surface area contributed by atoms with Crippen LogP contribution in [0, 0.1) is 0 Å². The summed E-state index contributed by atoms with van der Waals surface area (Å²) in [5.41, 5.74) is 6.60. The predicted octanol–water partition coefficient (Wildman–Crippen LogP) is 4.39. The standard InChI is InChI=1S/C15H10ClF3N4/c16-10-2-1-8(15(17,18)19)7-9(10)11-3-4-12(22-11)13-5-6-21-14(20)23-13/h1-7,22H,(H2,20,21,23). The highest BCUT2D eigenvalue weighted by molar-refractivity contribution is 6.33. The minimum Gasteiger partial charge on any atom is -0.368 e. The van der Waals surface area contributed by atoms with E-state index in [1.165, 1.54) is 12.3 Å². The van der Waals surface area contributed by atoms with Crippen LogP contribution in [-0.2, 0) is 6.18 Å². The highest BCUT2D eigenvalue weighted by Crippen LogP contribution is 2.36. The molecule has 0 aliphatic carbocycles. The average Bonchev–Trinajstić information content (AvgIpc) is 2.96. The van der Waals surface area contributed by atoms with E-state index in [1.54, 1.807) is 18.2 Å². The fraction of sp³-hybridized carbons (Fsp3) is 0.0667. The molecule has 0 aliphatic heterocycles. The van der Waals surface area contributed by atoms with Crippen LogP contribution in [0.2, 0.25) is 5.02 Å². The zero-order chi connectivity index (χ0) is 16.6. The van der Waals surface area contributed by atoms with E-state index < -0.39 is 11.7 Å². The van der Waals surface area contributed by atoms with Gasteiger partial charge < -0.3 is 10.7 Å². The van der Waals surface area contributed by atoms with E-state index in [9.17, 15) is 13.2 Å². The fourth-order valence-electron chi connectivity index (χ4n) is 2.13. The van der Waals surface area contributed by atoms with Crippen molar-refractivity contribution in [3.8, 4) is 22.6 Å². The van der Waals surface area contributed by atoms with Gasteiger partial charge in [0.1, 0.15) is 0 Å². The molecule has 0 atom stereocenters. The maximum absolute atomic E-state index is 12.8. The van der Waals surface area contributed by atoms with Gasteiger partial charge in [0, 0.05) is 22.5 Å². The van der Waals surface area contributed by atoms with Gasteiger partial charge in [-0.15, -0.1) is 0 Å². The van der Waals surface area contributed by atoms with Gasteiger partial charge in [0.2, 0.25) is 5.95 Å². The maximum atomic E-state index is 12.8. The summed E-state index contributed by atoms with van der Waals surface area (Å²) in [5.74, 6) is 0.107. The van der Waals surface area contributed by atoms with E-state index in [-0.39, 0.29) is 16.5 Å². The summed E-state index contributed by atoms with van der Waals surface area (Å²) in [6.45, 7) is 0. The number of nitrogens with zero attached hydrogens (tertiary/aromatic N) is 2. The molecule has 0 radical (unpaired) electrons. The van der Waals surface area contributed by atoms with Gasteiger partial charge >= 0.3 is 6.18 Å². The number of nitrogens with two attached hydrogens (primary N) is 1. The molecule has 3 N–H and O–H groups in total. The fourth-order valence-corrected chi connectivity index (χ4v) is 2.35. The van der Waals surface area contributed by atoms with Crippen LogP contribution in [0.1, 0.15) is 5.56 Å². The van der Waals surface area contributed by atoms with Gasteiger partial charge in [-0.1, -0.05) is 11.6 Å². The van der Waals surface area contributed by atoms with Crippen molar-refractivity contribution in [2.24, 2.45) is 0 Å². The van der Waals surface area contributed by atoms with Crippen molar-refractivity contribution in [2.45, 2.75) is 6.18 Å². The Morgan fingerprint density at radius 3 is 2.48 bits per heavy atom. The lowest BCUT2D eigenvalue weighted by Gasteiger charge is -2.09. The predicted molar refractivity (Wildman–Crippen MR) is 81.7 cm³/mol. The van der Waals surface area contributed by atoms with Crippen molar-refractivity contribution < 1.29 is 13.2 Å². The summed E-state index contributed by atoms with van der Waals surface area (Å²) in [7, 11) is 0. The third-order valence-electron chi connectivity index (χ3n) is 3.22. The topological polar surface area (TPSA) is 67.6 Å². The van der Waals surface area contributed by atoms with Crippen LogP contribution in [0.15, 0.2) is 42.6 Å². The van der Waals surface area contributed by atoms with Gasteiger partial charge in [-0.25, -0.2) is 9.97 Å². The quantitative estimate of drug-likeness (QED) is 0.728. The summed E-state index contributed by atoms with van der Waals surface area (Å²) in [6, 6.07) is 8.14. The third-order valence-corrected chi connectivity index (χ3v) is 3.55. The van der Waals surface area contributed by atoms with Crippen molar-refractivity contribution in [2.75, 3.05) is 5.73 Å². The number of nitrogen functional groups attached to an aromatic ring is 1. The molecule has 0 fully saturated rings. The number of nitrogens with one attached hydrogen (secondary N) is 1. The Bertz CT molecular complexity index is 858. The van der Waals surface area contributed by atoms with Crippen LogP contribution in [0.4, 0.5) is 19.1 Å². The number of anilines is 1. The average molecular weight is 339 g/mol. The van der Waals surface area contributed by atoms with Crippen LogP contribution >= 0.6 is 11.6 Å². The van der Waals surface area contributed by atoms with Crippen LogP contribution in [0.3, 0.4) is 0 Å². The number of alkyl halides is 3. The molecule has 4 nitrogen and oxygen atoms in total. The van der Waals surface area contributed by atoms with E-state index in [0.717, 1.165) is 12.1 Å². The number of hydrogen-bond acceptors (Lipinski definition) is 3. The van der Waals surface area contributed by atoms with Crippen LogP contribution in [0.25, 0.3) is 22.6 Å². The Morgan fingerprint density at radius 1 is 1.04 bits per heavy atom. The lowest BCUT2D eigenvalue weighted by molar-refractivity contribution is -0.137. The van der Waals surface area contributed by atoms with E-state index in [4.69, 9.17) is 17.3 Å². The smallest absolute Gasteiger partial charge is 0.368 e. The molecular formula is C15H10ClF3N4. The molecule has 0 spiro atoms. The van der Waals surface area contributed by atoms with Gasteiger partial charge in [0.05, 0.1) is 17.0 Å². The molecular weight excluding hydrogens is 329 g/mol. The Morgan fingerprint density at radius 2 is 1.78 bits per heavy atom. The first-order chi connectivity index (χ1) is 10.8. The van der Waals surface area contributed by atoms with Crippen molar-refractivity contribution in [1.82, 2.24) is 15.0 Å². The largest absolute Gasteiger partial charge is 0.416 e. The molecule has 23 heavy (non-hydrogen) atoms. The van der Waals surface area contributed by atoms with Crippen LogP contribution < -0.4 is 5.73 Å². The molecule has 1 aromatic carbocycles. The van der Waals surface area contributed by atoms with Crippen LogP contribution in [-0.4, -0.2) is 15.0 Å². The molecule has 0 amide bonds. The van der Waals surface area contributed by atoms with E-state index >= 15 is 0 Å². The highest BCUT2D eigenvalue weighted by Gasteiger charge is 2.31. The molecule has 118 valence electrons. The van der Waals surface area contributed by atoms with Gasteiger partial charge in [0.15, 0.2) is 0 Å². The molecule has 0 aliphatic rings. The Hall–Kier alpha value is -2.54. The Balaban J connectivity index is 2.04. The molecule has 2 aromatic heterocycles. The second kappa shape index (κ2) is 5.58. The van der Waals surface area contributed by atoms with Gasteiger partial charge in [-0.05, 0) is 36.4 Å². The number of aromatic amines is 1. The number of halogens is 4. The second-order valence-corrected chi connectivity index (χ2v) is 5.19. The second-order valence-electron chi connectivity index (χ2n) is 4.78. The first kappa shape index (κ1) is 15.4. The lowest BCUT2D eigenvalue weighted by Crippen LogP contribution is -2.04. The first-order valence-corrected chi connectivity index (χ1v) is 6.87. The molecule has 2 heterocycles. The number of benzene rings is 1. The van der Waals surface area contributed by atoms with Gasteiger partial charge in [0.25, 0.3) is 0 Å². The molecule has 0 bridgehead atoms. The third kappa shape index (κ3) is 3.14. The number of H-pyrrole nitrogens is 1. The maximum Gasteiger partial charge on any atom is 0.416 e. The lowest BCUT2D eigenvalue weighted by atomic mass is 10.1. The molecule has 0 unspecified atom stereocenters. The SMILES string of the molecule is Nc1nccc(-c2ccc(-c3cc(C(F)(F)F)ccc3Cl)[nH]2)n1. The monoisotopic (exact) mass is 338 g/mol. The Labute approximate surface area is 134 Å². The van der Waals surface area contributed by atoms with Crippen LogP contribution in [0.5, 0.6) is 0 Å². The molecule has 0 saturated heterocycles. The zero-order valence-electron chi connectivity index (χ0n) is 11.5. The zero-order valence-corrected chi connectivity index (χ0v) is 12.3. The normalized spacial score (nSPS) is 11.7. The summed E-state index contributed by atoms with van der Waals surface area (Å²) < 4.78 is 38.5. The van der Waals surface area contributed by atoms with Crippen molar-refractivity contribution in [3.63, 3.8) is 0 Å². The van der Waals surface area contributed by atoms with E-state index in [1.807, 2.05) is 0 Å². The Kier molecular flexibility index (Phi) is 3.73. The summed E-state index contributed by atoms with van der Waals surface area (Å²) in [4.78, 5) is 10.8.